The van der Waals surface area contributed by atoms with E-state index in [0.29, 0.717) is 11.1 Å². The zero-order chi connectivity index (χ0) is 19.1. The van der Waals surface area contributed by atoms with Crippen LogP contribution in [0.25, 0.3) is 0 Å². The molecule has 0 unspecified atom stereocenters. The Kier molecular flexibility index (Phi) is 6.43. The number of carboxylic acids is 1. The molecule has 2 aromatic rings. The summed E-state index contributed by atoms with van der Waals surface area (Å²) in [5, 5.41) is 13.9. The third-order valence-electron chi connectivity index (χ3n) is 3.72. The largest absolute Gasteiger partial charge is 0.480 e. The van der Waals surface area contributed by atoms with E-state index in [4.69, 9.17) is 5.11 Å². The number of halogens is 1. The molecule has 0 fully saturated rings. The average Bonchev–Trinajstić information content (AvgIpc) is 2.61. The average molecular weight is 358 g/mol. The fourth-order valence-corrected chi connectivity index (χ4v) is 2.32. The highest BCUT2D eigenvalue weighted by molar-refractivity contribution is 5.98. The molecule has 6 nitrogen and oxygen atoms in total. The summed E-state index contributed by atoms with van der Waals surface area (Å²) in [6, 6.07) is 11.8. The second-order valence-electron chi connectivity index (χ2n) is 5.79. The third-order valence-corrected chi connectivity index (χ3v) is 3.72. The summed E-state index contributed by atoms with van der Waals surface area (Å²) in [5.74, 6) is -2.80. The van der Waals surface area contributed by atoms with Crippen molar-refractivity contribution in [3.63, 3.8) is 0 Å². The first kappa shape index (κ1) is 19.1. The molecule has 26 heavy (non-hydrogen) atoms. The maximum Gasteiger partial charge on any atom is 0.325 e. The Morgan fingerprint density at radius 2 is 1.73 bits per heavy atom. The van der Waals surface area contributed by atoms with Gasteiger partial charge in [-0.2, -0.15) is 0 Å². The Hall–Kier alpha value is -3.22. The van der Waals surface area contributed by atoms with Crippen LogP contribution in [-0.4, -0.2) is 35.0 Å². The van der Waals surface area contributed by atoms with Gasteiger partial charge in [-0.3, -0.25) is 14.4 Å². The second kappa shape index (κ2) is 8.75. The summed E-state index contributed by atoms with van der Waals surface area (Å²) in [4.78, 5) is 35.7. The van der Waals surface area contributed by atoms with Gasteiger partial charge in [0.2, 0.25) is 5.91 Å². The maximum atomic E-state index is 13.4. The van der Waals surface area contributed by atoms with E-state index in [1.54, 1.807) is 36.4 Å². The van der Waals surface area contributed by atoms with Crippen molar-refractivity contribution in [2.75, 3.05) is 0 Å². The van der Waals surface area contributed by atoms with Gasteiger partial charge in [0, 0.05) is 12.0 Å². The van der Waals surface area contributed by atoms with Crippen molar-refractivity contribution in [2.45, 2.75) is 25.4 Å². The standard InChI is InChI=1S/C19H19FN2O4/c1-12(19(25)26)21-18(24)16(11-13-6-5-9-15(20)10-13)22-17(23)14-7-3-2-4-8-14/h2-10,12,16H,11H2,1H3,(H,21,24)(H,22,23)(H,25,26)/t12-,16+/m0/s1. The lowest BCUT2D eigenvalue weighted by Crippen LogP contribution is -2.51. The van der Waals surface area contributed by atoms with Gasteiger partial charge in [-0.05, 0) is 36.8 Å². The number of nitrogens with one attached hydrogen (secondary N) is 2. The molecule has 0 spiro atoms. The third kappa shape index (κ3) is 5.41. The molecule has 2 amide bonds. The van der Waals surface area contributed by atoms with Crippen LogP contribution >= 0.6 is 0 Å². The number of hydrogen-bond acceptors (Lipinski definition) is 3. The van der Waals surface area contributed by atoms with Crippen LogP contribution in [0.5, 0.6) is 0 Å². The number of benzene rings is 2. The Morgan fingerprint density at radius 1 is 1.04 bits per heavy atom. The van der Waals surface area contributed by atoms with Gasteiger partial charge in [0.1, 0.15) is 17.9 Å². The number of aliphatic carboxylic acids is 1. The Labute approximate surface area is 150 Å². The van der Waals surface area contributed by atoms with Crippen molar-refractivity contribution in [1.82, 2.24) is 10.6 Å². The molecule has 0 aliphatic heterocycles. The van der Waals surface area contributed by atoms with Crippen LogP contribution in [0.2, 0.25) is 0 Å². The summed E-state index contributed by atoms with van der Waals surface area (Å²) in [6.45, 7) is 1.32. The highest BCUT2D eigenvalue weighted by atomic mass is 19.1. The van der Waals surface area contributed by atoms with Crippen molar-refractivity contribution < 1.29 is 23.9 Å². The summed E-state index contributed by atoms with van der Waals surface area (Å²) in [5.41, 5.74) is 0.859. The van der Waals surface area contributed by atoms with E-state index in [0.717, 1.165) is 0 Å². The van der Waals surface area contributed by atoms with Crippen LogP contribution in [-0.2, 0) is 16.0 Å². The highest BCUT2D eigenvalue weighted by Crippen LogP contribution is 2.08. The van der Waals surface area contributed by atoms with Gasteiger partial charge in [-0.1, -0.05) is 30.3 Å². The van der Waals surface area contributed by atoms with Gasteiger partial charge in [-0.25, -0.2) is 4.39 Å². The molecule has 136 valence electrons. The molecule has 0 aliphatic rings. The lowest BCUT2D eigenvalue weighted by molar-refractivity contribution is -0.141. The van der Waals surface area contributed by atoms with Crippen molar-refractivity contribution in [2.24, 2.45) is 0 Å². The number of amides is 2. The fraction of sp³-hybridized carbons (Fsp3) is 0.211. The van der Waals surface area contributed by atoms with E-state index in [1.807, 2.05) is 0 Å². The van der Waals surface area contributed by atoms with E-state index in [9.17, 15) is 18.8 Å². The van der Waals surface area contributed by atoms with Crippen molar-refractivity contribution in [1.29, 1.82) is 0 Å². The number of carboxylic acid groups (broad SMARTS) is 1. The number of hydrogen-bond donors (Lipinski definition) is 3. The Balaban J connectivity index is 2.18. The van der Waals surface area contributed by atoms with Gasteiger partial charge in [-0.15, -0.1) is 0 Å². The van der Waals surface area contributed by atoms with Gasteiger partial charge >= 0.3 is 5.97 Å². The zero-order valence-electron chi connectivity index (χ0n) is 14.1. The van der Waals surface area contributed by atoms with Crippen LogP contribution < -0.4 is 10.6 Å². The molecule has 0 saturated carbocycles. The minimum Gasteiger partial charge on any atom is -0.480 e. The fourth-order valence-electron chi connectivity index (χ4n) is 2.32. The number of carbonyl (C=O) groups excluding carboxylic acids is 2. The molecule has 2 aromatic carbocycles. The smallest absolute Gasteiger partial charge is 0.325 e. The first-order valence-corrected chi connectivity index (χ1v) is 8.00. The van der Waals surface area contributed by atoms with Crippen molar-refractivity contribution >= 4 is 17.8 Å². The predicted octanol–water partition coefficient (Wildman–Crippen LogP) is 1.76. The summed E-state index contributed by atoms with van der Waals surface area (Å²) < 4.78 is 13.4. The molecule has 0 aliphatic carbocycles. The second-order valence-corrected chi connectivity index (χ2v) is 5.79. The first-order valence-electron chi connectivity index (χ1n) is 8.00. The van der Waals surface area contributed by atoms with Gasteiger partial charge in [0.15, 0.2) is 0 Å². The van der Waals surface area contributed by atoms with Gasteiger partial charge in [0.25, 0.3) is 5.91 Å². The predicted molar refractivity (Wildman–Crippen MR) is 93.0 cm³/mol. The molecular formula is C19H19FN2O4. The molecule has 2 atom stereocenters. The molecule has 0 heterocycles. The molecule has 0 saturated heterocycles. The number of carbonyl (C=O) groups is 3. The van der Waals surface area contributed by atoms with Gasteiger partial charge in [0.05, 0.1) is 0 Å². The van der Waals surface area contributed by atoms with Crippen LogP contribution in [0.1, 0.15) is 22.8 Å². The van der Waals surface area contributed by atoms with Crippen molar-refractivity contribution in [3.8, 4) is 0 Å². The molecular weight excluding hydrogens is 339 g/mol. The van der Waals surface area contributed by atoms with E-state index < -0.39 is 35.7 Å². The van der Waals surface area contributed by atoms with Crippen LogP contribution in [0.4, 0.5) is 4.39 Å². The van der Waals surface area contributed by atoms with Crippen LogP contribution in [0, 0.1) is 5.82 Å². The molecule has 7 heteroatoms. The first-order chi connectivity index (χ1) is 12.4. The Bertz CT molecular complexity index is 795. The molecule has 0 bridgehead atoms. The minimum absolute atomic E-state index is 0.0223. The normalized spacial score (nSPS) is 12.7. The number of rotatable bonds is 7. The molecule has 0 aromatic heterocycles. The quantitative estimate of drug-likeness (QED) is 0.703. The summed E-state index contributed by atoms with van der Waals surface area (Å²) in [7, 11) is 0. The lowest BCUT2D eigenvalue weighted by atomic mass is 10.0. The van der Waals surface area contributed by atoms with Crippen LogP contribution in [0.3, 0.4) is 0 Å². The van der Waals surface area contributed by atoms with E-state index in [2.05, 4.69) is 10.6 Å². The van der Waals surface area contributed by atoms with E-state index in [-0.39, 0.29) is 6.42 Å². The molecule has 0 radical (unpaired) electrons. The topological polar surface area (TPSA) is 95.5 Å². The van der Waals surface area contributed by atoms with Gasteiger partial charge < -0.3 is 15.7 Å². The SMILES string of the molecule is C[C@H](NC(=O)[C@@H](Cc1cccc(F)c1)NC(=O)c1ccccc1)C(=O)O. The van der Waals surface area contributed by atoms with Crippen molar-refractivity contribution in [3.05, 3.63) is 71.5 Å². The van der Waals surface area contributed by atoms with E-state index in [1.165, 1.54) is 25.1 Å². The summed E-state index contributed by atoms with van der Waals surface area (Å²) >= 11 is 0. The lowest BCUT2D eigenvalue weighted by Gasteiger charge is -2.20. The molecule has 2 rings (SSSR count). The zero-order valence-corrected chi connectivity index (χ0v) is 14.1. The maximum absolute atomic E-state index is 13.4. The van der Waals surface area contributed by atoms with Crippen LogP contribution in [0.15, 0.2) is 54.6 Å². The minimum atomic E-state index is -1.20. The Morgan fingerprint density at radius 3 is 2.35 bits per heavy atom. The monoisotopic (exact) mass is 358 g/mol. The molecule has 3 N–H and O–H groups in total. The highest BCUT2D eigenvalue weighted by Gasteiger charge is 2.25. The summed E-state index contributed by atoms with van der Waals surface area (Å²) in [6.07, 6.45) is 0.0223. The van der Waals surface area contributed by atoms with E-state index >= 15 is 0 Å².